The van der Waals surface area contributed by atoms with Crippen molar-refractivity contribution in [3.05, 3.63) is 71.0 Å². The Balaban J connectivity index is 2.31. The van der Waals surface area contributed by atoms with E-state index < -0.39 is 5.38 Å². The van der Waals surface area contributed by atoms with E-state index in [1.165, 1.54) is 11.6 Å². The normalized spacial score (nSPS) is 13.3. The maximum Gasteiger partial charge on any atom is 0.128 e. The number of halogens is 2. The van der Waals surface area contributed by atoms with Crippen LogP contribution in [-0.4, -0.2) is 0 Å². The molecule has 0 aliphatic rings. The van der Waals surface area contributed by atoms with E-state index in [9.17, 15) is 4.39 Å². The average Bonchev–Trinajstić information content (AvgIpc) is 2.38. The Morgan fingerprint density at radius 2 is 1.53 bits per heavy atom. The van der Waals surface area contributed by atoms with E-state index >= 15 is 0 Å². The Morgan fingerprint density at radius 3 is 2.05 bits per heavy atom. The van der Waals surface area contributed by atoms with Gasteiger partial charge in [-0.15, -0.1) is 11.6 Å². The van der Waals surface area contributed by atoms with Crippen molar-refractivity contribution in [1.29, 1.82) is 0 Å². The molecule has 2 aromatic carbocycles. The zero-order chi connectivity index (χ0) is 14.0. The summed E-state index contributed by atoms with van der Waals surface area (Å²) in [7, 11) is 0. The first-order valence-corrected chi connectivity index (χ1v) is 6.82. The molecule has 19 heavy (non-hydrogen) atoms. The fraction of sp³-hybridized carbons (Fsp3) is 0.294. The van der Waals surface area contributed by atoms with Gasteiger partial charge in [0.05, 0.1) is 5.38 Å². The molecular weight excluding hydrogens is 259 g/mol. The minimum absolute atomic E-state index is 0.109. The molecule has 0 saturated heterocycles. The molecule has 0 aromatic heterocycles. The second-order valence-corrected chi connectivity index (χ2v) is 6.19. The molecule has 0 saturated carbocycles. The summed E-state index contributed by atoms with van der Waals surface area (Å²) in [6.07, 6.45) is 0. The largest absolute Gasteiger partial charge is 0.207 e. The third-order valence-corrected chi connectivity index (χ3v) is 3.73. The molecule has 0 aliphatic carbocycles. The predicted molar refractivity (Wildman–Crippen MR) is 79.2 cm³/mol. The summed E-state index contributed by atoms with van der Waals surface area (Å²) in [4.78, 5) is 0. The highest BCUT2D eigenvalue weighted by Gasteiger charge is 2.17. The Hall–Kier alpha value is -1.34. The molecule has 0 N–H and O–H groups in total. The summed E-state index contributed by atoms with van der Waals surface area (Å²) < 4.78 is 13.7. The first kappa shape index (κ1) is 14.1. The molecule has 100 valence electrons. The molecule has 1 unspecified atom stereocenters. The van der Waals surface area contributed by atoms with Crippen molar-refractivity contribution in [1.82, 2.24) is 0 Å². The summed E-state index contributed by atoms with van der Waals surface area (Å²) in [6.45, 7) is 6.49. The predicted octanol–water partition coefficient (Wildman–Crippen LogP) is 5.45. The third-order valence-electron chi connectivity index (χ3n) is 3.25. The molecule has 0 spiro atoms. The van der Waals surface area contributed by atoms with Crippen molar-refractivity contribution in [2.75, 3.05) is 0 Å². The second kappa shape index (κ2) is 5.34. The molecule has 1 atom stereocenters. The zero-order valence-electron chi connectivity index (χ0n) is 11.5. The molecule has 0 nitrogen and oxygen atoms in total. The first-order chi connectivity index (χ1) is 8.89. The van der Waals surface area contributed by atoms with Crippen molar-refractivity contribution in [2.45, 2.75) is 31.6 Å². The lowest BCUT2D eigenvalue weighted by atomic mass is 9.86. The Labute approximate surface area is 119 Å². The lowest BCUT2D eigenvalue weighted by Gasteiger charge is -2.20. The van der Waals surface area contributed by atoms with E-state index in [0.29, 0.717) is 5.56 Å². The quantitative estimate of drug-likeness (QED) is 0.640. The topological polar surface area (TPSA) is 0 Å². The van der Waals surface area contributed by atoms with Gasteiger partial charge in [0.25, 0.3) is 0 Å². The average molecular weight is 277 g/mol. The van der Waals surface area contributed by atoms with Gasteiger partial charge in [0.15, 0.2) is 0 Å². The van der Waals surface area contributed by atoms with E-state index in [1.807, 2.05) is 12.1 Å². The van der Waals surface area contributed by atoms with Crippen molar-refractivity contribution < 1.29 is 4.39 Å². The molecule has 0 radical (unpaired) electrons. The molecule has 2 heteroatoms. The van der Waals surface area contributed by atoms with Crippen molar-refractivity contribution >= 4 is 11.6 Å². The number of benzene rings is 2. The Kier molecular flexibility index (Phi) is 3.96. The van der Waals surface area contributed by atoms with Crippen LogP contribution in [0.1, 0.15) is 42.8 Å². The SMILES string of the molecule is CC(C)(C)c1ccc(C(Cl)c2ccccc2F)cc1. The fourth-order valence-corrected chi connectivity index (χ4v) is 2.33. The van der Waals surface area contributed by atoms with Gasteiger partial charge in [0.1, 0.15) is 5.82 Å². The number of rotatable bonds is 2. The van der Waals surface area contributed by atoms with Gasteiger partial charge in [-0.3, -0.25) is 0 Å². The standard InChI is InChI=1S/C17H18ClF/c1-17(2,3)13-10-8-12(9-11-13)16(18)14-6-4-5-7-15(14)19/h4-11,16H,1-3H3. The van der Waals surface area contributed by atoms with Gasteiger partial charge in [-0.05, 0) is 22.6 Å². The summed E-state index contributed by atoms with van der Waals surface area (Å²) in [6, 6.07) is 14.7. The van der Waals surface area contributed by atoms with Crippen LogP contribution in [0, 0.1) is 5.82 Å². The van der Waals surface area contributed by atoms with Gasteiger partial charge in [0.2, 0.25) is 0 Å². The minimum atomic E-state index is -0.449. The third kappa shape index (κ3) is 3.16. The van der Waals surface area contributed by atoms with Crippen molar-refractivity contribution in [3.8, 4) is 0 Å². The van der Waals surface area contributed by atoms with Crippen LogP contribution in [0.25, 0.3) is 0 Å². The Morgan fingerprint density at radius 1 is 0.947 bits per heavy atom. The van der Waals surface area contributed by atoms with E-state index in [2.05, 4.69) is 32.9 Å². The minimum Gasteiger partial charge on any atom is -0.207 e. The van der Waals surface area contributed by atoms with Crippen LogP contribution in [-0.2, 0) is 5.41 Å². The number of alkyl halides is 1. The zero-order valence-corrected chi connectivity index (χ0v) is 12.2. The molecular formula is C17H18ClF. The maximum absolute atomic E-state index is 13.7. The first-order valence-electron chi connectivity index (χ1n) is 6.38. The molecule has 0 amide bonds. The molecule has 2 rings (SSSR count). The highest BCUT2D eigenvalue weighted by molar-refractivity contribution is 6.22. The number of hydrogen-bond acceptors (Lipinski definition) is 0. The highest BCUT2D eigenvalue weighted by atomic mass is 35.5. The summed E-state index contributed by atoms with van der Waals surface area (Å²) in [5, 5.41) is -0.449. The molecule has 0 aliphatic heterocycles. The lowest BCUT2D eigenvalue weighted by molar-refractivity contribution is 0.589. The lowest BCUT2D eigenvalue weighted by Crippen LogP contribution is -2.10. The van der Waals surface area contributed by atoms with Crippen LogP contribution in [0.5, 0.6) is 0 Å². The molecule has 0 bridgehead atoms. The summed E-state index contributed by atoms with van der Waals surface area (Å²) in [5.41, 5.74) is 2.79. The van der Waals surface area contributed by atoms with Gasteiger partial charge in [0, 0.05) is 5.56 Å². The fourth-order valence-electron chi connectivity index (χ4n) is 2.01. The van der Waals surface area contributed by atoms with E-state index in [0.717, 1.165) is 5.56 Å². The van der Waals surface area contributed by atoms with E-state index in [-0.39, 0.29) is 11.2 Å². The van der Waals surface area contributed by atoms with Gasteiger partial charge in [-0.2, -0.15) is 0 Å². The molecule has 2 aromatic rings. The molecule has 0 fully saturated rings. The van der Waals surface area contributed by atoms with E-state index in [4.69, 9.17) is 11.6 Å². The van der Waals surface area contributed by atoms with Crippen molar-refractivity contribution in [2.24, 2.45) is 0 Å². The van der Waals surface area contributed by atoms with E-state index in [1.54, 1.807) is 18.2 Å². The van der Waals surface area contributed by atoms with Crippen LogP contribution in [0.3, 0.4) is 0 Å². The van der Waals surface area contributed by atoms with Crippen LogP contribution in [0.15, 0.2) is 48.5 Å². The van der Waals surface area contributed by atoms with Crippen LogP contribution in [0.4, 0.5) is 4.39 Å². The van der Waals surface area contributed by atoms with Crippen LogP contribution in [0.2, 0.25) is 0 Å². The second-order valence-electron chi connectivity index (χ2n) is 5.76. The Bertz CT molecular complexity index is 552. The van der Waals surface area contributed by atoms with Gasteiger partial charge >= 0.3 is 0 Å². The van der Waals surface area contributed by atoms with Gasteiger partial charge in [-0.25, -0.2) is 4.39 Å². The maximum atomic E-state index is 13.7. The van der Waals surface area contributed by atoms with Gasteiger partial charge in [-0.1, -0.05) is 63.2 Å². The van der Waals surface area contributed by atoms with Crippen LogP contribution >= 0.6 is 11.6 Å². The van der Waals surface area contributed by atoms with Gasteiger partial charge < -0.3 is 0 Å². The smallest absolute Gasteiger partial charge is 0.128 e. The van der Waals surface area contributed by atoms with Crippen LogP contribution < -0.4 is 0 Å². The number of hydrogen-bond donors (Lipinski definition) is 0. The summed E-state index contributed by atoms with van der Waals surface area (Å²) in [5.74, 6) is -0.262. The highest BCUT2D eigenvalue weighted by Crippen LogP contribution is 2.32. The summed E-state index contributed by atoms with van der Waals surface area (Å²) >= 11 is 6.36. The monoisotopic (exact) mass is 276 g/mol. The molecule has 0 heterocycles. The van der Waals surface area contributed by atoms with Crippen molar-refractivity contribution in [3.63, 3.8) is 0 Å².